The number of likely N-dealkylation sites (tertiary alicyclic amines) is 1. The minimum absolute atomic E-state index is 0.0527. The molecule has 20 heavy (non-hydrogen) atoms. The van der Waals surface area contributed by atoms with E-state index in [4.69, 9.17) is 5.11 Å². The monoisotopic (exact) mass is 282 g/mol. The van der Waals surface area contributed by atoms with E-state index in [0.717, 1.165) is 32.2 Å². The van der Waals surface area contributed by atoms with Crippen LogP contribution in [0.5, 0.6) is 0 Å². The highest BCUT2D eigenvalue weighted by atomic mass is 16.4. The van der Waals surface area contributed by atoms with E-state index in [1.54, 1.807) is 0 Å². The number of nitrogens with one attached hydrogen (secondary N) is 1. The van der Waals surface area contributed by atoms with Gasteiger partial charge in [-0.1, -0.05) is 19.3 Å². The van der Waals surface area contributed by atoms with Crippen molar-refractivity contribution in [1.82, 2.24) is 10.2 Å². The first-order valence-electron chi connectivity index (χ1n) is 7.92. The molecule has 0 radical (unpaired) electrons. The van der Waals surface area contributed by atoms with Crippen LogP contribution in [0, 0.1) is 5.92 Å². The summed E-state index contributed by atoms with van der Waals surface area (Å²) in [6, 6.07) is 0.396. The standard InChI is InChI=1S/C15H26N2O3/c18-14(19)9-8-12-5-4-10-17(11-12)15(20)16-13-6-2-1-3-7-13/h12-13H,1-11H2,(H,16,20)(H,18,19). The quantitative estimate of drug-likeness (QED) is 0.832. The molecule has 1 heterocycles. The third-order valence-electron chi connectivity index (χ3n) is 4.51. The maximum atomic E-state index is 12.2. The fourth-order valence-electron chi connectivity index (χ4n) is 3.33. The molecule has 0 aromatic heterocycles. The van der Waals surface area contributed by atoms with Crippen molar-refractivity contribution in [2.45, 2.75) is 63.8 Å². The average molecular weight is 282 g/mol. The summed E-state index contributed by atoms with van der Waals surface area (Å²) in [4.78, 5) is 24.8. The summed E-state index contributed by atoms with van der Waals surface area (Å²) in [5.74, 6) is -0.397. The highest BCUT2D eigenvalue weighted by molar-refractivity contribution is 5.74. The van der Waals surface area contributed by atoms with Crippen molar-refractivity contribution in [2.24, 2.45) is 5.92 Å². The molecule has 1 aliphatic carbocycles. The molecule has 1 atom stereocenters. The Bertz CT molecular complexity index is 340. The lowest BCUT2D eigenvalue weighted by molar-refractivity contribution is -0.137. The largest absolute Gasteiger partial charge is 0.481 e. The van der Waals surface area contributed by atoms with Crippen LogP contribution in [0.25, 0.3) is 0 Å². The maximum absolute atomic E-state index is 12.2. The number of piperidine rings is 1. The van der Waals surface area contributed by atoms with Crippen LogP contribution in [0.15, 0.2) is 0 Å². The van der Waals surface area contributed by atoms with E-state index < -0.39 is 5.97 Å². The molecule has 0 bridgehead atoms. The van der Waals surface area contributed by atoms with Gasteiger partial charge in [-0.15, -0.1) is 0 Å². The van der Waals surface area contributed by atoms with E-state index in [2.05, 4.69) is 5.32 Å². The number of carbonyl (C=O) groups excluding carboxylic acids is 1. The summed E-state index contributed by atoms with van der Waals surface area (Å²) < 4.78 is 0. The van der Waals surface area contributed by atoms with Gasteiger partial charge in [-0.25, -0.2) is 4.79 Å². The zero-order valence-corrected chi connectivity index (χ0v) is 12.1. The summed E-state index contributed by atoms with van der Waals surface area (Å²) in [6.45, 7) is 1.52. The maximum Gasteiger partial charge on any atom is 0.317 e. The van der Waals surface area contributed by atoms with Gasteiger partial charge in [0, 0.05) is 25.6 Å². The Balaban J connectivity index is 1.75. The number of carboxylic acids is 1. The second-order valence-electron chi connectivity index (χ2n) is 6.17. The molecule has 0 spiro atoms. The van der Waals surface area contributed by atoms with Crippen molar-refractivity contribution in [1.29, 1.82) is 0 Å². The number of nitrogens with zero attached hydrogens (tertiary/aromatic N) is 1. The van der Waals surface area contributed by atoms with Crippen LogP contribution in [0.4, 0.5) is 4.79 Å². The molecule has 5 heteroatoms. The third kappa shape index (κ3) is 4.69. The molecule has 1 aliphatic heterocycles. The second kappa shape index (κ2) is 7.50. The molecule has 2 rings (SSSR count). The van der Waals surface area contributed by atoms with Crippen LogP contribution < -0.4 is 5.32 Å². The van der Waals surface area contributed by atoms with E-state index in [1.165, 1.54) is 19.3 Å². The smallest absolute Gasteiger partial charge is 0.317 e. The van der Waals surface area contributed by atoms with Crippen molar-refractivity contribution >= 4 is 12.0 Å². The first-order valence-corrected chi connectivity index (χ1v) is 7.92. The van der Waals surface area contributed by atoms with Crippen LogP contribution in [0.1, 0.15) is 57.8 Å². The van der Waals surface area contributed by atoms with E-state index >= 15 is 0 Å². The van der Waals surface area contributed by atoms with E-state index in [9.17, 15) is 9.59 Å². The van der Waals surface area contributed by atoms with Gasteiger partial charge in [0.15, 0.2) is 0 Å². The van der Waals surface area contributed by atoms with E-state index in [-0.39, 0.29) is 12.5 Å². The zero-order valence-electron chi connectivity index (χ0n) is 12.1. The van der Waals surface area contributed by atoms with Gasteiger partial charge >= 0.3 is 12.0 Å². The van der Waals surface area contributed by atoms with Crippen LogP contribution in [-0.2, 0) is 4.79 Å². The van der Waals surface area contributed by atoms with Gasteiger partial charge in [-0.3, -0.25) is 4.79 Å². The Morgan fingerprint density at radius 2 is 1.85 bits per heavy atom. The Morgan fingerprint density at radius 1 is 1.10 bits per heavy atom. The van der Waals surface area contributed by atoms with Gasteiger partial charge in [-0.05, 0) is 38.0 Å². The highest BCUT2D eigenvalue weighted by Gasteiger charge is 2.25. The van der Waals surface area contributed by atoms with E-state index in [1.807, 2.05) is 4.90 Å². The Hall–Kier alpha value is -1.26. The van der Waals surface area contributed by atoms with Crippen molar-refractivity contribution in [2.75, 3.05) is 13.1 Å². The summed E-state index contributed by atoms with van der Waals surface area (Å²) in [6.07, 6.45) is 8.84. The van der Waals surface area contributed by atoms with Crippen LogP contribution in [0.2, 0.25) is 0 Å². The molecule has 1 unspecified atom stereocenters. The second-order valence-corrected chi connectivity index (χ2v) is 6.17. The lowest BCUT2D eigenvalue weighted by Crippen LogP contribution is -2.49. The van der Waals surface area contributed by atoms with Crippen molar-refractivity contribution in [3.05, 3.63) is 0 Å². The van der Waals surface area contributed by atoms with Gasteiger partial charge in [0.1, 0.15) is 0 Å². The zero-order chi connectivity index (χ0) is 14.4. The van der Waals surface area contributed by atoms with Gasteiger partial charge in [-0.2, -0.15) is 0 Å². The third-order valence-corrected chi connectivity index (χ3v) is 4.51. The molecule has 2 N–H and O–H groups in total. The van der Waals surface area contributed by atoms with Gasteiger partial charge in [0.25, 0.3) is 0 Å². The number of amides is 2. The number of hydrogen-bond acceptors (Lipinski definition) is 2. The first-order chi connectivity index (χ1) is 9.65. The molecule has 1 saturated heterocycles. The van der Waals surface area contributed by atoms with Gasteiger partial charge in [0.05, 0.1) is 0 Å². The Morgan fingerprint density at radius 3 is 2.55 bits per heavy atom. The first kappa shape index (κ1) is 15.1. The molecule has 2 aliphatic rings. The molecular weight excluding hydrogens is 256 g/mol. The lowest BCUT2D eigenvalue weighted by Gasteiger charge is -2.34. The predicted octanol–water partition coefficient (Wildman–Crippen LogP) is 2.61. The lowest BCUT2D eigenvalue weighted by atomic mass is 9.93. The Kier molecular flexibility index (Phi) is 5.68. The average Bonchev–Trinajstić information content (AvgIpc) is 2.46. The van der Waals surface area contributed by atoms with Crippen LogP contribution >= 0.6 is 0 Å². The molecule has 0 aromatic carbocycles. The molecule has 0 aromatic rings. The van der Waals surface area contributed by atoms with Crippen molar-refractivity contribution < 1.29 is 14.7 Å². The number of hydrogen-bond donors (Lipinski definition) is 2. The fraction of sp³-hybridized carbons (Fsp3) is 0.867. The van der Waals surface area contributed by atoms with Crippen LogP contribution in [0.3, 0.4) is 0 Å². The summed E-state index contributed by atoms with van der Waals surface area (Å²) in [5, 5.41) is 11.9. The number of aliphatic carboxylic acids is 1. The summed E-state index contributed by atoms with van der Waals surface area (Å²) >= 11 is 0. The minimum Gasteiger partial charge on any atom is -0.481 e. The molecule has 114 valence electrons. The molecule has 1 saturated carbocycles. The fourth-order valence-corrected chi connectivity index (χ4v) is 3.33. The molecule has 5 nitrogen and oxygen atoms in total. The summed E-state index contributed by atoms with van der Waals surface area (Å²) in [5.41, 5.74) is 0. The van der Waals surface area contributed by atoms with E-state index in [0.29, 0.717) is 24.9 Å². The van der Waals surface area contributed by atoms with Gasteiger partial charge in [0.2, 0.25) is 0 Å². The molecule has 2 amide bonds. The minimum atomic E-state index is -0.742. The normalized spacial score (nSPS) is 24.4. The van der Waals surface area contributed by atoms with Gasteiger partial charge < -0.3 is 15.3 Å². The topological polar surface area (TPSA) is 69.6 Å². The number of carbonyl (C=O) groups is 2. The predicted molar refractivity (Wildman–Crippen MR) is 76.6 cm³/mol. The SMILES string of the molecule is O=C(O)CCC1CCCN(C(=O)NC2CCCCC2)C1. The summed E-state index contributed by atoms with van der Waals surface area (Å²) in [7, 11) is 0. The highest BCUT2D eigenvalue weighted by Crippen LogP contribution is 2.22. The van der Waals surface area contributed by atoms with Crippen molar-refractivity contribution in [3.8, 4) is 0 Å². The Labute approximate surface area is 120 Å². The number of urea groups is 1. The van der Waals surface area contributed by atoms with Crippen molar-refractivity contribution in [3.63, 3.8) is 0 Å². The number of carboxylic acid groups (broad SMARTS) is 1. The molecule has 2 fully saturated rings. The van der Waals surface area contributed by atoms with Crippen LogP contribution in [-0.4, -0.2) is 41.1 Å². The molecular formula is C15H26N2O3. The number of rotatable bonds is 4.